The molecule has 3 aromatic rings. The first-order valence-electron chi connectivity index (χ1n) is 15.8. The van der Waals surface area contributed by atoms with Crippen LogP contribution >= 0.6 is 11.3 Å². The SMILES string of the molecule is COc1cc(C)c(S(=O)(=O)N(CCOCC(=O)NCCC2CCC(C(c3cccs3)N(C)C)CC2)Cc2ccccc2)c(C)c1. The molecule has 1 atom stereocenters. The van der Waals surface area contributed by atoms with Gasteiger partial charge in [-0.2, -0.15) is 4.31 Å². The van der Waals surface area contributed by atoms with Crippen molar-refractivity contribution in [2.24, 2.45) is 11.8 Å². The highest BCUT2D eigenvalue weighted by atomic mass is 32.2. The normalized spacial score (nSPS) is 17.8. The maximum atomic E-state index is 13.9. The van der Waals surface area contributed by atoms with Crippen LogP contribution in [-0.4, -0.2) is 71.0 Å². The van der Waals surface area contributed by atoms with E-state index in [1.807, 2.05) is 41.7 Å². The van der Waals surface area contributed by atoms with Crippen LogP contribution in [0.3, 0.4) is 0 Å². The number of thiophene rings is 1. The Morgan fingerprint density at radius 2 is 1.71 bits per heavy atom. The van der Waals surface area contributed by atoms with Crippen molar-refractivity contribution in [2.45, 2.75) is 63.4 Å². The Kier molecular flexibility index (Phi) is 13.0. The molecule has 0 bridgehead atoms. The molecule has 1 saturated carbocycles. The number of sulfonamides is 1. The van der Waals surface area contributed by atoms with Crippen molar-refractivity contribution >= 4 is 27.3 Å². The maximum absolute atomic E-state index is 13.9. The number of carbonyl (C=O) groups is 1. The summed E-state index contributed by atoms with van der Waals surface area (Å²) in [5.74, 6) is 1.73. The van der Waals surface area contributed by atoms with E-state index in [4.69, 9.17) is 9.47 Å². The number of rotatable bonds is 16. The predicted molar refractivity (Wildman–Crippen MR) is 181 cm³/mol. The molecule has 8 nitrogen and oxygen atoms in total. The van der Waals surface area contributed by atoms with Crippen LogP contribution in [0.15, 0.2) is 64.9 Å². The molecule has 1 amide bonds. The molecule has 1 N–H and O–H groups in total. The van der Waals surface area contributed by atoms with Crippen LogP contribution in [0.4, 0.5) is 0 Å². The zero-order valence-electron chi connectivity index (χ0n) is 27.3. The number of amides is 1. The van der Waals surface area contributed by atoms with Gasteiger partial charge in [0.2, 0.25) is 15.9 Å². The Morgan fingerprint density at radius 3 is 2.31 bits per heavy atom. The zero-order chi connectivity index (χ0) is 32.4. The summed E-state index contributed by atoms with van der Waals surface area (Å²) in [5.41, 5.74) is 2.12. The molecule has 45 heavy (non-hydrogen) atoms. The second-order valence-electron chi connectivity index (χ2n) is 12.3. The Bertz CT molecular complexity index is 1430. The van der Waals surface area contributed by atoms with E-state index in [-0.39, 0.29) is 37.1 Å². The predicted octanol–water partition coefficient (Wildman–Crippen LogP) is 6.20. The molecule has 246 valence electrons. The summed E-state index contributed by atoms with van der Waals surface area (Å²) in [6.07, 6.45) is 5.76. The fourth-order valence-corrected chi connectivity index (χ4v) is 9.43. The molecule has 1 fully saturated rings. The van der Waals surface area contributed by atoms with Crippen LogP contribution in [0.5, 0.6) is 5.75 Å². The van der Waals surface area contributed by atoms with E-state index in [9.17, 15) is 13.2 Å². The number of hydrogen-bond acceptors (Lipinski definition) is 7. The second-order valence-corrected chi connectivity index (χ2v) is 15.2. The van der Waals surface area contributed by atoms with E-state index < -0.39 is 10.0 Å². The minimum atomic E-state index is -3.84. The molecule has 1 aromatic heterocycles. The average Bonchev–Trinajstić information content (AvgIpc) is 3.53. The summed E-state index contributed by atoms with van der Waals surface area (Å²) >= 11 is 1.85. The third kappa shape index (κ3) is 9.62. The van der Waals surface area contributed by atoms with Gasteiger partial charge >= 0.3 is 0 Å². The third-order valence-electron chi connectivity index (χ3n) is 8.79. The maximum Gasteiger partial charge on any atom is 0.245 e. The summed E-state index contributed by atoms with van der Waals surface area (Å²) in [7, 11) is 2.08. The Labute approximate surface area is 273 Å². The number of methoxy groups -OCH3 is 1. The number of nitrogens with one attached hydrogen (secondary N) is 1. The van der Waals surface area contributed by atoms with Crippen molar-refractivity contribution in [1.29, 1.82) is 0 Å². The summed E-state index contributed by atoms with van der Waals surface area (Å²) in [6.45, 7) is 4.52. The first kappa shape index (κ1) is 35.1. The summed E-state index contributed by atoms with van der Waals surface area (Å²) < 4.78 is 40.2. The van der Waals surface area contributed by atoms with Crippen molar-refractivity contribution in [3.05, 3.63) is 81.5 Å². The lowest BCUT2D eigenvalue weighted by atomic mass is 9.76. The summed E-state index contributed by atoms with van der Waals surface area (Å²) in [4.78, 5) is 16.6. The minimum absolute atomic E-state index is 0.0993. The highest BCUT2D eigenvalue weighted by molar-refractivity contribution is 7.89. The molecule has 2 aromatic carbocycles. The van der Waals surface area contributed by atoms with E-state index in [0.29, 0.717) is 41.3 Å². The number of benzene rings is 2. The standard InChI is InChI=1S/C35H49N3O5S2/c1-26-22-31(42-5)23-27(2)35(26)45(40,41)38(24-29-10-7-6-8-11-29)19-20-43-25-33(39)36-18-17-28-13-15-30(16-14-28)34(37(3)4)32-12-9-21-44-32/h6-12,21-23,28,30,34H,13-20,24-25H2,1-5H3,(H,36,39). The molecule has 1 heterocycles. The van der Waals surface area contributed by atoms with Gasteiger partial charge in [0.1, 0.15) is 12.4 Å². The largest absolute Gasteiger partial charge is 0.497 e. The van der Waals surface area contributed by atoms with Gasteiger partial charge in [-0.1, -0.05) is 49.2 Å². The second kappa shape index (κ2) is 16.7. The van der Waals surface area contributed by atoms with Crippen molar-refractivity contribution in [1.82, 2.24) is 14.5 Å². The van der Waals surface area contributed by atoms with Crippen LogP contribution in [0.2, 0.25) is 0 Å². The van der Waals surface area contributed by atoms with E-state index in [2.05, 4.69) is 41.8 Å². The molecule has 1 aliphatic carbocycles. The third-order valence-corrected chi connectivity index (χ3v) is 11.9. The van der Waals surface area contributed by atoms with Gasteiger partial charge in [0.15, 0.2) is 0 Å². The van der Waals surface area contributed by atoms with E-state index >= 15 is 0 Å². The first-order chi connectivity index (χ1) is 21.6. The first-order valence-corrected chi connectivity index (χ1v) is 18.2. The molecule has 4 rings (SSSR count). The Balaban J connectivity index is 1.24. The average molecular weight is 656 g/mol. The van der Waals surface area contributed by atoms with Gasteiger partial charge in [-0.25, -0.2) is 8.42 Å². The minimum Gasteiger partial charge on any atom is -0.497 e. The van der Waals surface area contributed by atoms with Gasteiger partial charge in [-0.05, 0) is 99.3 Å². The van der Waals surface area contributed by atoms with Gasteiger partial charge in [0, 0.05) is 30.6 Å². The molecule has 0 radical (unpaired) electrons. The number of aryl methyl sites for hydroxylation is 2. The van der Waals surface area contributed by atoms with E-state index in [0.717, 1.165) is 12.0 Å². The highest BCUT2D eigenvalue weighted by Gasteiger charge is 2.31. The van der Waals surface area contributed by atoms with Crippen LogP contribution < -0.4 is 10.1 Å². The lowest BCUT2D eigenvalue weighted by molar-refractivity contribution is -0.125. The van der Waals surface area contributed by atoms with Crippen molar-refractivity contribution in [3.63, 3.8) is 0 Å². The molecule has 1 aliphatic rings. The van der Waals surface area contributed by atoms with Gasteiger partial charge in [-0.3, -0.25) is 4.79 Å². The van der Waals surface area contributed by atoms with Gasteiger partial charge in [-0.15, -0.1) is 11.3 Å². The molecule has 0 aliphatic heterocycles. The van der Waals surface area contributed by atoms with Gasteiger partial charge in [0.05, 0.1) is 18.6 Å². The molecule has 0 spiro atoms. The smallest absolute Gasteiger partial charge is 0.245 e. The fraction of sp³-hybridized carbons (Fsp3) is 0.514. The van der Waals surface area contributed by atoms with Crippen LogP contribution in [0.25, 0.3) is 0 Å². The quantitative estimate of drug-likeness (QED) is 0.185. The number of carbonyl (C=O) groups excluding carboxylic acids is 1. The topological polar surface area (TPSA) is 88.2 Å². The van der Waals surface area contributed by atoms with Crippen molar-refractivity contribution in [3.8, 4) is 5.75 Å². The molecular formula is C35H49N3O5S2. The molecule has 0 saturated heterocycles. The Morgan fingerprint density at radius 1 is 1.02 bits per heavy atom. The lowest BCUT2D eigenvalue weighted by Gasteiger charge is -2.37. The molecular weight excluding hydrogens is 607 g/mol. The van der Waals surface area contributed by atoms with Crippen LogP contribution in [-0.2, 0) is 26.1 Å². The fourth-order valence-electron chi connectivity index (χ4n) is 6.59. The summed E-state index contributed by atoms with van der Waals surface area (Å²) in [5, 5.41) is 5.16. The molecule has 1 unspecified atom stereocenters. The molecule has 10 heteroatoms. The van der Waals surface area contributed by atoms with Crippen molar-refractivity contribution in [2.75, 3.05) is 47.5 Å². The van der Waals surface area contributed by atoms with Crippen molar-refractivity contribution < 1.29 is 22.7 Å². The van der Waals surface area contributed by atoms with Gasteiger partial charge in [0.25, 0.3) is 0 Å². The lowest BCUT2D eigenvalue weighted by Crippen LogP contribution is -2.36. The number of nitrogens with zero attached hydrogens (tertiary/aromatic N) is 2. The monoisotopic (exact) mass is 655 g/mol. The highest BCUT2D eigenvalue weighted by Crippen LogP contribution is 2.41. The zero-order valence-corrected chi connectivity index (χ0v) is 29.0. The van der Waals surface area contributed by atoms with E-state index in [1.165, 1.54) is 34.9 Å². The van der Waals surface area contributed by atoms with Crippen LogP contribution in [0, 0.1) is 25.7 Å². The Hall–Kier alpha value is -2.76. The number of hydrogen-bond donors (Lipinski definition) is 1. The number of ether oxygens (including phenoxy) is 2. The summed E-state index contributed by atoms with van der Waals surface area (Å²) in [6, 6.07) is 17.8. The van der Waals surface area contributed by atoms with Crippen LogP contribution in [0.1, 0.15) is 59.7 Å². The van der Waals surface area contributed by atoms with Gasteiger partial charge < -0.3 is 19.7 Å². The van der Waals surface area contributed by atoms with E-state index in [1.54, 1.807) is 33.1 Å².